The molecule has 216 valence electrons. The van der Waals surface area contributed by atoms with Crippen molar-refractivity contribution in [3.63, 3.8) is 0 Å². The van der Waals surface area contributed by atoms with E-state index in [0.717, 1.165) is 0 Å². The number of carboxylic acids is 1. The number of amides is 2. The third kappa shape index (κ3) is 5.68. The number of β-lactam (4-membered cyclic amide) rings is 1. The average Bonchev–Trinajstić information content (AvgIpc) is 3.41. The number of ether oxygens (including phenoxy) is 1. The third-order valence-electron chi connectivity index (χ3n) is 6.40. The predicted molar refractivity (Wildman–Crippen MR) is 147 cm³/mol. The Kier molecular flexibility index (Phi) is 8.21. The Morgan fingerprint density at radius 1 is 1.19 bits per heavy atom. The first-order chi connectivity index (χ1) is 20.2. The number of aromatic carboxylic acids is 1. The molecular weight excluding hydrogens is 590 g/mol. The summed E-state index contributed by atoms with van der Waals surface area (Å²) in [5, 5.41) is 34.1. The molecular formula is C25H21N7O8S2. The molecule has 0 radical (unpaired) electrons. The first-order valence-electron chi connectivity index (χ1n) is 12.2. The van der Waals surface area contributed by atoms with Gasteiger partial charge < -0.3 is 15.2 Å². The number of nitro groups is 1. The molecule has 1 unspecified atom stereocenters. The van der Waals surface area contributed by atoms with Crippen molar-refractivity contribution in [2.75, 3.05) is 11.5 Å². The number of nitrogens with zero attached hydrogens (tertiary/aromatic N) is 6. The molecule has 2 aromatic carbocycles. The lowest BCUT2D eigenvalue weighted by Gasteiger charge is -2.49. The Morgan fingerprint density at radius 2 is 1.90 bits per heavy atom. The number of carbonyl (C=O) groups excluding carboxylic acids is 3. The van der Waals surface area contributed by atoms with Crippen LogP contribution in [0.3, 0.4) is 0 Å². The maximum Gasteiger partial charge on any atom is 0.355 e. The van der Waals surface area contributed by atoms with Gasteiger partial charge in [0, 0.05) is 30.7 Å². The number of nitro benzene ring substituents is 1. The Hall–Kier alpha value is -4.77. The minimum atomic E-state index is -1.28. The smallest absolute Gasteiger partial charge is 0.355 e. The highest BCUT2D eigenvalue weighted by Crippen LogP contribution is 2.42. The number of nitrogens with one attached hydrogen (secondary N) is 1. The summed E-state index contributed by atoms with van der Waals surface area (Å²) in [7, 11) is 1.66. The number of esters is 1. The Balaban J connectivity index is 1.35. The second-order valence-corrected chi connectivity index (χ2v) is 11.1. The quantitative estimate of drug-likeness (QED) is 0.110. The van der Waals surface area contributed by atoms with Gasteiger partial charge in [0.2, 0.25) is 5.16 Å². The number of hydrogen-bond acceptors (Lipinski definition) is 12. The van der Waals surface area contributed by atoms with Crippen LogP contribution in [0.2, 0.25) is 0 Å². The van der Waals surface area contributed by atoms with E-state index in [1.165, 1.54) is 81.6 Å². The van der Waals surface area contributed by atoms with Gasteiger partial charge in [-0.05, 0) is 45.8 Å². The second-order valence-electron chi connectivity index (χ2n) is 9.04. The van der Waals surface area contributed by atoms with Crippen LogP contribution in [-0.4, -0.2) is 81.8 Å². The fourth-order valence-corrected chi connectivity index (χ4v) is 6.63. The van der Waals surface area contributed by atoms with Gasteiger partial charge in [-0.25, -0.2) is 14.3 Å². The number of hydrogen-bond donors (Lipinski definition) is 2. The first-order valence-corrected chi connectivity index (χ1v) is 14.2. The molecule has 5 rings (SSSR count). The minimum absolute atomic E-state index is 0.0322. The molecule has 3 heterocycles. The van der Waals surface area contributed by atoms with Crippen LogP contribution in [0.4, 0.5) is 5.69 Å². The van der Waals surface area contributed by atoms with E-state index in [2.05, 4.69) is 20.8 Å². The number of aryl methyl sites for hydroxylation is 1. The average molecular weight is 612 g/mol. The topological polar surface area (TPSA) is 200 Å². The van der Waals surface area contributed by atoms with Crippen LogP contribution in [-0.2, 0) is 28.0 Å². The van der Waals surface area contributed by atoms with Gasteiger partial charge in [0.05, 0.1) is 16.1 Å². The lowest BCUT2D eigenvalue weighted by Crippen LogP contribution is -2.70. The summed E-state index contributed by atoms with van der Waals surface area (Å²) in [6, 6.07) is 10.2. The van der Waals surface area contributed by atoms with Crippen LogP contribution in [0.1, 0.15) is 26.3 Å². The minimum Gasteiger partial charge on any atom is -0.478 e. The Labute approximate surface area is 245 Å². The predicted octanol–water partition coefficient (Wildman–Crippen LogP) is 1.62. The number of carbonyl (C=O) groups is 4. The van der Waals surface area contributed by atoms with Crippen molar-refractivity contribution in [1.29, 1.82) is 0 Å². The lowest BCUT2D eigenvalue weighted by molar-refractivity contribution is -0.384. The highest BCUT2D eigenvalue weighted by molar-refractivity contribution is 8.01. The summed E-state index contributed by atoms with van der Waals surface area (Å²) in [4.78, 5) is 62.9. The zero-order chi connectivity index (χ0) is 30.0. The zero-order valence-electron chi connectivity index (χ0n) is 21.7. The number of fused-ring (bicyclic) bond motifs is 1. The Morgan fingerprint density at radius 3 is 2.55 bits per heavy atom. The molecule has 17 heteroatoms. The van der Waals surface area contributed by atoms with Crippen molar-refractivity contribution in [3.8, 4) is 0 Å². The molecule has 2 atom stereocenters. The molecule has 1 fully saturated rings. The highest BCUT2D eigenvalue weighted by Gasteiger charge is 2.54. The van der Waals surface area contributed by atoms with E-state index in [1.54, 1.807) is 7.05 Å². The molecule has 2 aliphatic rings. The van der Waals surface area contributed by atoms with Crippen molar-refractivity contribution in [3.05, 3.63) is 86.6 Å². The third-order valence-corrected chi connectivity index (χ3v) is 8.84. The van der Waals surface area contributed by atoms with Crippen molar-refractivity contribution in [1.82, 2.24) is 30.4 Å². The maximum absolute atomic E-state index is 13.4. The first kappa shape index (κ1) is 28.7. The van der Waals surface area contributed by atoms with E-state index in [4.69, 9.17) is 4.74 Å². The highest BCUT2D eigenvalue weighted by atomic mass is 32.2. The van der Waals surface area contributed by atoms with Gasteiger partial charge in [0.25, 0.3) is 17.5 Å². The van der Waals surface area contributed by atoms with Crippen LogP contribution < -0.4 is 5.32 Å². The second kappa shape index (κ2) is 12.0. The number of thioether (sulfide) groups is 2. The number of benzene rings is 2. The van der Waals surface area contributed by atoms with Gasteiger partial charge in [-0.2, -0.15) is 0 Å². The number of aromatic nitrogens is 4. The van der Waals surface area contributed by atoms with E-state index < -0.39 is 40.1 Å². The molecule has 2 amide bonds. The van der Waals surface area contributed by atoms with Crippen LogP contribution in [0.25, 0.3) is 0 Å². The van der Waals surface area contributed by atoms with Crippen molar-refractivity contribution in [2.45, 2.75) is 23.2 Å². The van der Waals surface area contributed by atoms with E-state index in [-0.39, 0.29) is 34.9 Å². The SMILES string of the molecule is Cn1nnnc1SCC1=C(C(=O)OCc2ccc([N+](=O)[O-])cc2)N2C(=O)C(NC(=O)c3ccccc3C(=O)O)[C@@H]2SC1. The zero-order valence-corrected chi connectivity index (χ0v) is 23.3. The van der Waals surface area contributed by atoms with E-state index in [0.29, 0.717) is 22.0 Å². The fraction of sp³-hybridized carbons (Fsp3) is 0.240. The van der Waals surface area contributed by atoms with Gasteiger partial charge in [0.1, 0.15) is 23.7 Å². The van der Waals surface area contributed by atoms with Crippen LogP contribution >= 0.6 is 23.5 Å². The number of tetrazole rings is 1. The summed E-state index contributed by atoms with van der Waals surface area (Å²) in [6.07, 6.45) is 0. The summed E-state index contributed by atoms with van der Waals surface area (Å²) in [6.45, 7) is -0.195. The number of non-ortho nitro benzene ring substituents is 1. The van der Waals surface area contributed by atoms with Crippen LogP contribution in [0.15, 0.2) is 65.0 Å². The Bertz CT molecular complexity index is 1620. The van der Waals surface area contributed by atoms with Crippen molar-refractivity contribution in [2.24, 2.45) is 7.05 Å². The van der Waals surface area contributed by atoms with Gasteiger partial charge in [-0.15, -0.1) is 16.9 Å². The summed E-state index contributed by atoms with van der Waals surface area (Å²) in [5.41, 5.74) is 0.724. The molecule has 0 saturated carbocycles. The molecule has 0 bridgehead atoms. The lowest BCUT2D eigenvalue weighted by atomic mass is 10.0. The standard InChI is InChI=1S/C25H21N7O8S2/c1-30-25(27-28-29-30)42-12-14-11-41-22-18(26-20(33)16-4-2-3-5-17(16)23(35)36)21(34)31(22)19(14)24(37)40-10-13-6-8-15(9-7-13)32(38)39/h2-9,18,22H,10-12H2,1H3,(H,26,33)(H,35,36)/t18?,22-/m0/s1. The maximum atomic E-state index is 13.4. The molecule has 1 saturated heterocycles. The monoisotopic (exact) mass is 611 g/mol. The van der Waals surface area contributed by atoms with Crippen molar-refractivity contribution >= 4 is 53.0 Å². The fourth-order valence-electron chi connectivity index (χ4n) is 4.30. The van der Waals surface area contributed by atoms with Crippen LogP contribution in [0, 0.1) is 10.1 Å². The largest absolute Gasteiger partial charge is 0.478 e. The summed E-state index contributed by atoms with van der Waals surface area (Å²) >= 11 is 2.60. The molecule has 0 aliphatic carbocycles. The van der Waals surface area contributed by atoms with Gasteiger partial charge in [-0.1, -0.05) is 23.9 Å². The molecule has 3 aromatic rings. The number of rotatable bonds is 10. The molecule has 2 N–H and O–H groups in total. The normalized spacial score (nSPS) is 17.7. The van der Waals surface area contributed by atoms with Gasteiger partial charge in [-0.3, -0.25) is 24.6 Å². The molecule has 0 spiro atoms. The van der Waals surface area contributed by atoms with Crippen LogP contribution in [0.5, 0.6) is 0 Å². The van der Waals surface area contributed by atoms with E-state index >= 15 is 0 Å². The number of carboxylic acid groups (broad SMARTS) is 1. The van der Waals surface area contributed by atoms with Crippen molar-refractivity contribution < 1.29 is 33.9 Å². The van der Waals surface area contributed by atoms with E-state index in [1.807, 2.05) is 0 Å². The molecule has 15 nitrogen and oxygen atoms in total. The molecule has 42 heavy (non-hydrogen) atoms. The van der Waals surface area contributed by atoms with Gasteiger partial charge in [0.15, 0.2) is 0 Å². The molecule has 1 aromatic heterocycles. The van der Waals surface area contributed by atoms with E-state index in [9.17, 15) is 34.4 Å². The van der Waals surface area contributed by atoms with Gasteiger partial charge >= 0.3 is 11.9 Å². The summed E-state index contributed by atoms with van der Waals surface area (Å²) < 4.78 is 6.97. The molecule has 2 aliphatic heterocycles. The summed E-state index contributed by atoms with van der Waals surface area (Å²) in [5.74, 6) is -2.75.